The van der Waals surface area contributed by atoms with E-state index in [0.717, 1.165) is 15.4 Å². The first kappa shape index (κ1) is 22.9. The number of likely N-dealkylation sites (N-methyl/N-ethyl adjacent to an activating group) is 2. The highest BCUT2D eigenvalue weighted by atomic mass is 35.5. The molecule has 0 aromatic heterocycles. The lowest BCUT2D eigenvalue weighted by molar-refractivity contribution is -0.151. The van der Waals surface area contributed by atoms with Gasteiger partial charge in [0.25, 0.3) is 5.91 Å². The molecule has 0 saturated heterocycles. The zero-order valence-corrected chi connectivity index (χ0v) is 18.0. The van der Waals surface area contributed by atoms with Crippen LogP contribution in [0.4, 0.5) is 0 Å². The minimum absolute atomic E-state index is 0.00578. The second-order valence-electron chi connectivity index (χ2n) is 6.55. The summed E-state index contributed by atoms with van der Waals surface area (Å²) >= 11 is 5.76. The van der Waals surface area contributed by atoms with Gasteiger partial charge in [-0.1, -0.05) is 35.9 Å². The van der Waals surface area contributed by atoms with Crippen LogP contribution in [-0.4, -0.2) is 56.7 Å². The molecule has 156 valence electrons. The average Bonchev–Trinajstić information content (AvgIpc) is 2.68. The normalized spacial score (nSPS) is 11.3. The number of aryl methyl sites for hydroxylation is 1. The molecule has 0 aliphatic heterocycles. The highest BCUT2D eigenvalue weighted by molar-refractivity contribution is 7.89. The van der Waals surface area contributed by atoms with Crippen LogP contribution in [0.25, 0.3) is 0 Å². The Bertz CT molecular complexity index is 977. The number of nitrogens with zero attached hydrogens (tertiary/aromatic N) is 2. The Morgan fingerprint density at radius 1 is 1.03 bits per heavy atom. The summed E-state index contributed by atoms with van der Waals surface area (Å²) in [6.45, 7) is 1.36. The van der Waals surface area contributed by atoms with Crippen molar-refractivity contribution in [3.8, 4) is 0 Å². The molecule has 0 atom stereocenters. The first-order valence-electron chi connectivity index (χ1n) is 8.77. The van der Waals surface area contributed by atoms with Gasteiger partial charge in [-0.3, -0.25) is 9.59 Å². The molecular formula is C20H23ClN2O5S. The quantitative estimate of drug-likeness (QED) is 0.591. The van der Waals surface area contributed by atoms with Crippen molar-refractivity contribution < 1.29 is 22.7 Å². The molecule has 0 bridgehead atoms. The molecular weight excluding hydrogens is 416 g/mol. The average molecular weight is 439 g/mol. The lowest BCUT2D eigenvalue weighted by Gasteiger charge is -2.19. The SMILES string of the molecule is Cc1ccccc1CN(C)C(=O)COC(=O)CN(C)S(=O)(=O)c1ccc(Cl)cc1. The molecule has 0 saturated carbocycles. The van der Waals surface area contributed by atoms with Crippen molar-refractivity contribution in [2.75, 3.05) is 27.2 Å². The molecule has 0 fully saturated rings. The van der Waals surface area contributed by atoms with Gasteiger partial charge in [0.1, 0.15) is 6.54 Å². The lowest BCUT2D eigenvalue weighted by Crippen LogP contribution is -2.35. The van der Waals surface area contributed by atoms with Crippen molar-refractivity contribution >= 4 is 33.5 Å². The Morgan fingerprint density at radius 3 is 2.28 bits per heavy atom. The molecule has 2 rings (SSSR count). The van der Waals surface area contributed by atoms with Crippen LogP contribution in [0, 0.1) is 6.92 Å². The molecule has 7 nitrogen and oxygen atoms in total. The molecule has 0 unspecified atom stereocenters. The summed E-state index contributed by atoms with van der Waals surface area (Å²) in [5.41, 5.74) is 2.04. The summed E-state index contributed by atoms with van der Waals surface area (Å²) in [7, 11) is -1.00. The van der Waals surface area contributed by atoms with E-state index in [1.807, 2.05) is 31.2 Å². The van der Waals surface area contributed by atoms with E-state index in [0.29, 0.717) is 11.6 Å². The zero-order chi connectivity index (χ0) is 21.6. The van der Waals surface area contributed by atoms with Crippen molar-refractivity contribution in [2.24, 2.45) is 0 Å². The van der Waals surface area contributed by atoms with E-state index in [-0.39, 0.29) is 10.8 Å². The maximum absolute atomic E-state index is 12.5. The molecule has 0 N–H and O–H groups in total. The van der Waals surface area contributed by atoms with E-state index < -0.39 is 29.1 Å². The Morgan fingerprint density at radius 2 is 1.66 bits per heavy atom. The van der Waals surface area contributed by atoms with Crippen LogP contribution in [0.2, 0.25) is 5.02 Å². The summed E-state index contributed by atoms with van der Waals surface area (Å²) in [5, 5.41) is 0.402. The van der Waals surface area contributed by atoms with Crippen LogP contribution >= 0.6 is 11.6 Å². The third-order valence-corrected chi connectivity index (χ3v) is 6.39. The highest BCUT2D eigenvalue weighted by Crippen LogP contribution is 2.17. The molecule has 0 heterocycles. The first-order valence-corrected chi connectivity index (χ1v) is 10.6. The van der Waals surface area contributed by atoms with Crippen LogP contribution in [0.1, 0.15) is 11.1 Å². The summed E-state index contributed by atoms with van der Waals surface area (Å²) < 4.78 is 30.7. The number of halogens is 1. The predicted octanol–water partition coefficient (Wildman–Crippen LogP) is 2.47. The van der Waals surface area contributed by atoms with Crippen LogP contribution in [0.5, 0.6) is 0 Å². The Balaban J connectivity index is 1.87. The minimum atomic E-state index is -3.87. The number of amides is 1. The maximum Gasteiger partial charge on any atom is 0.321 e. The van der Waals surface area contributed by atoms with E-state index in [1.54, 1.807) is 7.05 Å². The predicted molar refractivity (Wildman–Crippen MR) is 110 cm³/mol. The second kappa shape index (κ2) is 9.87. The Kier molecular flexibility index (Phi) is 7.78. The van der Waals surface area contributed by atoms with Crippen LogP contribution < -0.4 is 0 Å². The fourth-order valence-electron chi connectivity index (χ4n) is 2.48. The number of carbonyl (C=O) groups excluding carboxylic acids is 2. The van der Waals surface area contributed by atoms with Gasteiger partial charge < -0.3 is 9.64 Å². The number of benzene rings is 2. The first-order chi connectivity index (χ1) is 13.6. The van der Waals surface area contributed by atoms with Gasteiger partial charge in [-0.2, -0.15) is 4.31 Å². The number of rotatable bonds is 8. The van der Waals surface area contributed by atoms with Crippen molar-refractivity contribution in [1.82, 2.24) is 9.21 Å². The molecule has 9 heteroatoms. The number of sulfonamides is 1. The van der Waals surface area contributed by atoms with Gasteiger partial charge in [0.2, 0.25) is 10.0 Å². The standard InChI is InChI=1S/C20H23ClN2O5S/c1-15-6-4-5-7-16(15)12-22(2)19(24)14-28-20(25)13-23(3)29(26,27)18-10-8-17(21)9-11-18/h4-11H,12-14H2,1-3H3. The van der Waals surface area contributed by atoms with Crippen LogP contribution in [0.3, 0.4) is 0 Å². The monoisotopic (exact) mass is 438 g/mol. The largest absolute Gasteiger partial charge is 0.455 e. The molecule has 2 aromatic carbocycles. The van der Waals surface area contributed by atoms with E-state index >= 15 is 0 Å². The summed E-state index contributed by atoms with van der Waals surface area (Å²) in [6.07, 6.45) is 0. The third kappa shape index (κ3) is 6.28. The Labute approximate surface area is 175 Å². The lowest BCUT2D eigenvalue weighted by atomic mass is 10.1. The van der Waals surface area contributed by atoms with Gasteiger partial charge in [-0.15, -0.1) is 0 Å². The fraction of sp³-hybridized carbons (Fsp3) is 0.300. The molecule has 0 aliphatic rings. The van der Waals surface area contributed by atoms with Crippen molar-refractivity contribution in [3.05, 3.63) is 64.7 Å². The minimum Gasteiger partial charge on any atom is -0.455 e. The van der Waals surface area contributed by atoms with Gasteiger partial charge in [-0.05, 0) is 42.3 Å². The van der Waals surface area contributed by atoms with Gasteiger partial charge in [0, 0.05) is 25.7 Å². The van der Waals surface area contributed by atoms with Crippen molar-refractivity contribution in [2.45, 2.75) is 18.4 Å². The van der Waals surface area contributed by atoms with E-state index in [9.17, 15) is 18.0 Å². The van der Waals surface area contributed by atoms with E-state index in [2.05, 4.69) is 0 Å². The molecule has 1 amide bonds. The van der Waals surface area contributed by atoms with Gasteiger partial charge in [0.05, 0.1) is 4.90 Å². The topological polar surface area (TPSA) is 84.0 Å². The maximum atomic E-state index is 12.5. The summed E-state index contributed by atoms with van der Waals surface area (Å²) in [4.78, 5) is 25.7. The molecule has 0 spiro atoms. The number of hydrogen-bond donors (Lipinski definition) is 0. The van der Waals surface area contributed by atoms with Gasteiger partial charge in [0.15, 0.2) is 6.61 Å². The zero-order valence-electron chi connectivity index (χ0n) is 16.5. The number of hydrogen-bond acceptors (Lipinski definition) is 5. The molecule has 2 aromatic rings. The van der Waals surface area contributed by atoms with Crippen LogP contribution in [-0.2, 0) is 30.9 Å². The number of esters is 1. The Hall–Kier alpha value is -2.42. The molecule has 0 aliphatic carbocycles. The number of ether oxygens (including phenoxy) is 1. The van der Waals surface area contributed by atoms with Crippen LogP contribution in [0.15, 0.2) is 53.4 Å². The summed E-state index contributed by atoms with van der Waals surface area (Å²) in [5.74, 6) is -1.20. The van der Waals surface area contributed by atoms with Gasteiger partial charge >= 0.3 is 5.97 Å². The molecule has 29 heavy (non-hydrogen) atoms. The van der Waals surface area contributed by atoms with E-state index in [1.165, 1.54) is 36.2 Å². The highest BCUT2D eigenvalue weighted by Gasteiger charge is 2.24. The fourth-order valence-corrected chi connectivity index (χ4v) is 3.72. The van der Waals surface area contributed by atoms with Gasteiger partial charge in [-0.25, -0.2) is 8.42 Å². The van der Waals surface area contributed by atoms with Crippen molar-refractivity contribution in [1.29, 1.82) is 0 Å². The third-order valence-electron chi connectivity index (χ3n) is 4.32. The summed E-state index contributed by atoms with van der Waals surface area (Å²) in [6, 6.07) is 13.3. The molecule has 0 radical (unpaired) electrons. The second-order valence-corrected chi connectivity index (χ2v) is 9.03. The smallest absolute Gasteiger partial charge is 0.321 e. The number of carbonyl (C=O) groups is 2. The van der Waals surface area contributed by atoms with Crippen molar-refractivity contribution in [3.63, 3.8) is 0 Å². The van der Waals surface area contributed by atoms with E-state index in [4.69, 9.17) is 16.3 Å².